The molecule has 1 aromatic rings. The molecule has 0 radical (unpaired) electrons. The third-order valence-electron chi connectivity index (χ3n) is 2.43. The summed E-state index contributed by atoms with van der Waals surface area (Å²) in [5.74, 6) is 0.718. The zero-order valence-electron chi connectivity index (χ0n) is 9.13. The number of hydrogen-bond donors (Lipinski definition) is 1. The SMILES string of the molecule is CC(C)CC[C@H](N)c1ccc(Br)c(Br)c1. The van der Waals surface area contributed by atoms with Gasteiger partial charge in [-0.1, -0.05) is 19.9 Å². The molecule has 0 saturated carbocycles. The summed E-state index contributed by atoms with van der Waals surface area (Å²) < 4.78 is 2.14. The standard InChI is InChI=1S/C12H17Br2N/c1-8(2)3-6-12(15)9-4-5-10(13)11(14)7-9/h4-5,7-8,12H,3,6,15H2,1-2H3/t12-/m0/s1. The minimum atomic E-state index is 0.150. The van der Waals surface area contributed by atoms with E-state index in [-0.39, 0.29) is 6.04 Å². The molecule has 1 atom stereocenters. The first-order valence-corrected chi connectivity index (χ1v) is 6.80. The smallest absolute Gasteiger partial charge is 0.0320 e. The number of hydrogen-bond acceptors (Lipinski definition) is 1. The molecule has 84 valence electrons. The van der Waals surface area contributed by atoms with Crippen LogP contribution in [-0.2, 0) is 0 Å². The Morgan fingerprint density at radius 2 is 1.80 bits per heavy atom. The van der Waals surface area contributed by atoms with Gasteiger partial charge in [-0.2, -0.15) is 0 Å². The second kappa shape index (κ2) is 6.02. The monoisotopic (exact) mass is 333 g/mol. The second-order valence-electron chi connectivity index (χ2n) is 4.25. The van der Waals surface area contributed by atoms with Gasteiger partial charge in [0.05, 0.1) is 0 Å². The molecule has 15 heavy (non-hydrogen) atoms. The van der Waals surface area contributed by atoms with Crippen LogP contribution in [0.2, 0.25) is 0 Å². The van der Waals surface area contributed by atoms with Crippen molar-refractivity contribution in [2.75, 3.05) is 0 Å². The molecule has 0 fully saturated rings. The minimum absolute atomic E-state index is 0.150. The van der Waals surface area contributed by atoms with Crippen molar-refractivity contribution in [3.63, 3.8) is 0 Å². The van der Waals surface area contributed by atoms with Crippen molar-refractivity contribution >= 4 is 31.9 Å². The van der Waals surface area contributed by atoms with E-state index in [0.29, 0.717) is 0 Å². The molecule has 0 bridgehead atoms. The van der Waals surface area contributed by atoms with Gasteiger partial charge in [-0.05, 0) is 68.3 Å². The quantitative estimate of drug-likeness (QED) is 0.852. The highest BCUT2D eigenvalue weighted by atomic mass is 79.9. The molecule has 0 aliphatic heterocycles. The van der Waals surface area contributed by atoms with Crippen LogP contribution in [0, 0.1) is 5.92 Å². The Bertz CT molecular complexity index is 323. The van der Waals surface area contributed by atoms with E-state index >= 15 is 0 Å². The van der Waals surface area contributed by atoms with Crippen LogP contribution in [0.3, 0.4) is 0 Å². The molecular formula is C12H17Br2N. The highest BCUT2D eigenvalue weighted by Gasteiger charge is 2.08. The third-order valence-corrected chi connectivity index (χ3v) is 4.31. The number of halogens is 2. The summed E-state index contributed by atoms with van der Waals surface area (Å²) in [6.45, 7) is 4.45. The van der Waals surface area contributed by atoms with E-state index < -0.39 is 0 Å². The first kappa shape index (κ1) is 13.2. The predicted octanol–water partition coefficient (Wildman–Crippen LogP) is 4.65. The fourth-order valence-electron chi connectivity index (χ4n) is 1.42. The fraction of sp³-hybridized carbons (Fsp3) is 0.500. The Hall–Kier alpha value is 0.140. The van der Waals surface area contributed by atoms with Crippen LogP contribution in [0.4, 0.5) is 0 Å². The first-order chi connectivity index (χ1) is 7.00. The van der Waals surface area contributed by atoms with Crippen LogP contribution in [0.5, 0.6) is 0 Å². The van der Waals surface area contributed by atoms with Crippen LogP contribution in [0.15, 0.2) is 27.1 Å². The van der Waals surface area contributed by atoms with E-state index in [0.717, 1.165) is 21.3 Å². The molecule has 1 rings (SSSR count). The van der Waals surface area contributed by atoms with Gasteiger partial charge in [0.25, 0.3) is 0 Å². The van der Waals surface area contributed by atoms with Crippen molar-refractivity contribution in [1.82, 2.24) is 0 Å². The van der Waals surface area contributed by atoms with Gasteiger partial charge in [-0.25, -0.2) is 0 Å². The summed E-state index contributed by atoms with van der Waals surface area (Å²) in [5, 5.41) is 0. The lowest BCUT2D eigenvalue weighted by Crippen LogP contribution is -2.11. The lowest BCUT2D eigenvalue weighted by molar-refractivity contribution is 0.507. The van der Waals surface area contributed by atoms with Crippen LogP contribution >= 0.6 is 31.9 Å². The van der Waals surface area contributed by atoms with Crippen LogP contribution in [-0.4, -0.2) is 0 Å². The largest absolute Gasteiger partial charge is 0.324 e. The average Bonchev–Trinajstić information content (AvgIpc) is 2.18. The minimum Gasteiger partial charge on any atom is -0.324 e. The van der Waals surface area contributed by atoms with E-state index in [9.17, 15) is 0 Å². The van der Waals surface area contributed by atoms with Crippen molar-refractivity contribution in [3.8, 4) is 0 Å². The highest BCUT2D eigenvalue weighted by Crippen LogP contribution is 2.27. The number of nitrogens with two attached hydrogens (primary N) is 1. The molecule has 0 spiro atoms. The van der Waals surface area contributed by atoms with Crippen molar-refractivity contribution in [2.24, 2.45) is 11.7 Å². The predicted molar refractivity (Wildman–Crippen MR) is 72.8 cm³/mol. The van der Waals surface area contributed by atoms with Gasteiger partial charge in [0.2, 0.25) is 0 Å². The summed E-state index contributed by atoms with van der Waals surface area (Å²) in [7, 11) is 0. The van der Waals surface area contributed by atoms with Gasteiger partial charge in [0.15, 0.2) is 0 Å². The van der Waals surface area contributed by atoms with E-state index in [4.69, 9.17) is 5.73 Å². The first-order valence-electron chi connectivity index (χ1n) is 5.21. The summed E-state index contributed by atoms with van der Waals surface area (Å²) >= 11 is 6.94. The molecule has 1 aromatic carbocycles. The second-order valence-corrected chi connectivity index (χ2v) is 5.96. The van der Waals surface area contributed by atoms with Crippen LogP contribution in [0.25, 0.3) is 0 Å². The third kappa shape index (κ3) is 4.25. The maximum atomic E-state index is 6.13. The Morgan fingerprint density at radius 3 is 2.33 bits per heavy atom. The van der Waals surface area contributed by atoms with Crippen LogP contribution in [0.1, 0.15) is 38.3 Å². The maximum absolute atomic E-state index is 6.13. The zero-order valence-corrected chi connectivity index (χ0v) is 12.3. The van der Waals surface area contributed by atoms with Gasteiger partial charge < -0.3 is 5.73 Å². The van der Waals surface area contributed by atoms with E-state index in [1.807, 2.05) is 6.07 Å². The fourth-order valence-corrected chi connectivity index (χ4v) is 2.07. The summed E-state index contributed by atoms with van der Waals surface area (Å²) in [5.41, 5.74) is 7.33. The van der Waals surface area contributed by atoms with Gasteiger partial charge in [0, 0.05) is 15.0 Å². The summed E-state index contributed by atoms with van der Waals surface area (Å²) in [4.78, 5) is 0. The van der Waals surface area contributed by atoms with Crippen molar-refractivity contribution in [1.29, 1.82) is 0 Å². The number of rotatable bonds is 4. The summed E-state index contributed by atoms with van der Waals surface area (Å²) in [6.07, 6.45) is 2.22. The summed E-state index contributed by atoms with van der Waals surface area (Å²) in [6, 6.07) is 6.36. The average molecular weight is 335 g/mol. The molecule has 0 aliphatic rings. The zero-order chi connectivity index (χ0) is 11.4. The molecule has 0 heterocycles. The lowest BCUT2D eigenvalue weighted by Gasteiger charge is -2.14. The van der Waals surface area contributed by atoms with Crippen molar-refractivity contribution in [3.05, 3.63) is 32.7 Å². The van der Waals surface area contributed by atoms with Gasteiger partial charge >= 0.3 is 0 Å². The number of benzene rings is 1. The van der Waals surface area contributed by atoms with Gasteiger partial charge in [0.1, 0.15) is 0 Å². The Balaban J connectivity index is 2.65. The van der Waals surface area contributed by atoms with E-state index in [2.05, 4.69) is 57.8 Å². The van der Waals surface area contributed by atoms with Gasteiger partial charge in [-0.3, -0.25) is 0 Å². The lowest BCUT2D eigenvalue weighted by atomic mass is 9.98. The molecule has 0 saturated heterocycles. The topological polar surface area (TPSA) is 26.0 Å². The van der Waals surface area contributed by atoms with E-state index in [1.54, 1.807) is 0 Å². The van der Waals surface area contributed by atoms with Crippen LogP contribution < -0.4 is 5.73 Å². The molecule has 0 aromatic heterocycles. The molecule has 0 unspecified atom stereocenters. The van der Waals surface area contributed by atoms with Gasteiger partial charge in [-0.15, -0.1) is 0 Å². The molecule has 0 amide bonds. The normalized spacial score (nSPS) is 13.2. The molecule has 1 nitrogen and oxygen atoms in total. The Labute approximate surface area is 109 Å². The molecule has 3 heteroatoms. The highest BCUT2D eigenvalue weighted by molar-refractivity contribution is 9.13. The molecule has 2 N–H and O–H groups in total. The molecule has 0 aliphatic carbocycles. The molecular weight excluding hydrogens is 318 g/mol. The maximum Gasteiger partial charge on any atom is 0.0320 e. The van der Waals surface area contributed by atoms with E-state index in [1.165, 1.54) is 12.0 Å². The van der Waals surface area contributed by atoms with Crippen molar-refractivity contribution in [2.45, 2.75) is 32.7 Å². The van der Waals surface area contributed by atoms with Crippen molar-refractivity contribution < 1.29 is 0 Å². The Kier molecular flexibility index (Phi) is 5.30. The Morgan fingerprint density at radius 1 is 1.13 bits per heavy atom.